The second-order valence-electron chi connectivity index (χ2n) is 5.84. The number of hydrogen-bond acceptors (Lipinski definition) is 3. The van der Waals surface area contributed by atoms with Crippen LogP contribution in [0, 0.1) is 0 Å². The van der Waals surface area contributed by atoms with Gasteiger partial charge < -0.3 is 10.5 Å². The molecule has 0 unspecified atom stereocenters. The molecular weight excluding hydrogens is 224 g/mol. The van der Waals surface area contributed by atoms with E-state index in [2.05, 4.69) is 39.5 Å². The fourth-order valence-electron chi connectivity index (χ4n) is 2.48. The third-order valence-electron chi connectivity index (χ3n) is 4.40. The van der Waals surface area contributed by atoms with E-state index in [1.807, 2.05) is 0 Å². The van der Waals surface area contributed by atoms with Crippen molar-refractivity contribution >= 4 is 0 Å². The highest BCUT2D eigenvalue weighted by molar-refractivity contribution is 4.90. The first-order valence-electron chi connectivity index (χ1n) is 7.41. The van der Waals surface area contributed by atoms with Gasteiger partial charge in [-0.1, -0.05) is 20.8 Å². The number of nitrogens with zero attached hydrogens (tertiary/aromatic N) is 1. The monoisotopic (exact) mass is 258 g/mol. The summed E-state index contributed by atoms with van der Waals surface area (Å²) < 4.78 is 5.52. The Bertz CT molecular complexity index is 204. The lowest BCUT2D eigenvalue weighted by Gasteiger charge is -2.43. The molecule has 0 aliphatic heterocycles. The number of rotatable bonds is 10. The Labute approximate surface area is 114 Å². The summed E-state index contributed by atoms with van der Waals surface area (Å²) in [5.41, 5.74) is 6.18. The molecule has 0 aliphatic carbocycles. The first kappa shape index (κ1) is 17.9. The van der Waals surface area contributed by atoms with E-state index in [1.54, 1.807) is 7.11 Å². The van der Waals surface area contributed by atoms with Gasteiger partial charge in [0.15, 0.2) is 0 Å². The highest BCUT2D eigenvalue weighted by atomic mass is 16.5. The van der Waals surface area contributed by atoms with Crippen molar-refractivity contribution in [2.24, 2.45) is 5.73 Å². The van der Waals surface area contributed by atoms with Crippen molar-refractivity contribution in [1.82, 2.24) is 4.90 Å². The Morgan fingerprint density at radius 2 is 1.61 bits per heavy atom. The van der Waals surface area contributed by atoms with Crippen LogP contribution < -0.4 is 5.73 Å². The Balaban J connectivity index is 4.73. The van der Waals surface area contributed by atoms with Gasteiger partial charge in [-0.05, 0) is 46.1 Å². The van der Waals surface area contributed by atoms with Crippen molar-refractivity contribution in [2.45, 2.75) is 71.4 Å². The van der Waals surface area contributed by atoms with Crippen LogP contribution in [0.5, 0.6) is 0 Å². The van der Waals surface area contributed by atoms with E-state index in [1.165, 1.54) is 6.42 Å². The van der Waals surface area contributed by atoms with Crippen LogP contribution in [0.3, 0.4) is 0 Å². The lowest BCUT2D eigenvalue weighted by atomic mass is 9.89. The van der Waals surface area contributed by atoms with Gasteiger partial charge in [0.25, 0.3) is 0 Å². The molecule has 3 heteroatoms. The van der Waals surface area contributed by atoms with Gasteiger partial charge in [0.2, 0.25) is 0 Å². The second kappa shape index (κ2) is 8.13. The molecule has 0 aromatic rings. The predicted octanol–water partition coefficient (Wildman–Crippen LogP) is 3.03. The largest absolute Gasteiger partial charge is 0.379 e. The van der Waals surface area contributed by atoms with E-state index in [0.29, 0.717) is 0 Å². The number of methoxy groups -OCH3 is 1. The van der Waals surface area contributed by atoms with Crippen LogP contribution in [0.2, 0.25) is 0 Å². The van der Waals surface area contributed by atoms with E-state index >= 15 is 0 Å². The number of ether oxygens (including phenoxy) is 1. The Morgan fingerprint density at radius 3 is 1.94 bits per heavy atom. The molecular formula is C15H34N2O. The average Bonchev–Trinajstić information content (AvgIpc) is 2.38. The first-order valence-corrected chi connectivity index (χ1v) is 7.41. The van der Waals surface area contributed by atoms with Crippen molar-refractivity contribution in [3.8, 4) is 0 Å². The molecule has 0 aliphatic rings. The normalized spacial score (nSPS) is 13.3. The van der Waals surface area contributed by atoms with Crippen LogP contribution in [0.4, 0.5) is 0 Å². The third kappa shape index (κ3) is 4.87. The summed E-state index contributed by atoms with van der Waals surface area (Å²) in [6.07, 6.45) is 4.46. The van der Waals surface area contributed by atoms with E-state index in [4.69, 9.17) is 10.5 Å². The van der Waals surface area contributed by atoms with Crippen molar-refractivity contribution in [3.05, 3.63) is 0 Å². The quantitative estimate of drug-likeness (QED) is 0.654. The molecule has 0 spiro atoms. The fourth-order valence-corrected chi connectivity index (χ4v) is 2.48. The van der Waals surface area contributed by atoms with Gasteiger partial charge in [0.1, 0.15) is 0 Å². The Kier molecular flexibility index (Phi) is 8.08. The second-order valence-corrected chi connectivity index (χ2v) is 5.84. The van der Waals surface area contributed by atoms with Crippen molar-refractivity contribution in [1.29, 1.82) is 0 Å². The van der Waals surface area contributed by atoms with E-state index < -0.39 is 0 Å². The molecule has 0 bridgehead atoms. The molecule has 0 saturated heterocycles. The zero-order chi connectivity index (χ0) is 14.2. The molecule has 0 heterocycles. The summed E-state index contributed by atoms with van der Waals surface area (Å²) in [6.45, 7) is 14.0. The van der Waals surface area contributed by atoms with Crippen LogP contribution in [0.25, 0.3) is 0 Å². The molecule has 0 saturated carbocycles. The minimum absolute atomic E-state index is 0.0478. The van der Waals surface area contributed by atoms with Gasteiger partial charge in [0.05, 0.1) is 5.60 Å². The van der Waals surface area contributed by atoms with Crippen molar-refractivity contribution in [2.75, 3.05) is 26.7 Å². The summed E-state index contributed by atoms with van der Waals surface area (Å²) in [4.78, 5) is 2.58. The lowest BCUT2D eigenvalue weighted by Crippen LogP contribution is -2.54. The van der Waals surface area contributed by atoms with Crippen LogP contribution in [0.1, 0.15) is 60.3 Å². The fraction of sp³-hybridized carbons (Fsp3) is 1.00. The summed E-state index contributed by atoms with van der Waals surface area (Å²) in [5.74, 6) is 0. The van der Waals surface area contributed by atoms with E-state index in [0.717, 1.165) is 38.9 Å². The maximum atomic E-state index is 6.06. The maximum Gasteiger partial charge on any atom is 0.0634 e. The SMILES string of the molecule is CCCN(CCC(C)(C)OC)C(CC)(CC)CN. The van der Waals surface area contributed by atoms with Crippen molar-refractivity contribution in [3.63, 3.8) is 0 Å². The molecule has 0 aromatic heterocycles. The van der Waals surface area contributed by atoms with Gasteiger partial charge >= 0.3 is 0 Å². The van der Waals surface area contributed by atoms with Gasteiger partial charge in [-0.15, -0.1) is 0 Å². The number of hydrogen-bond donors (Lipinski definition) is 1. The highest BCUT2D eigenvalue weighted by Crippen LogP contribution is 2.25. The van der Waals surface area contributed by atoms with Crippen LogP contribution in [-0.4, -0.2) is 42.8 Å². The molecule has 110 valence electrons. The summed E-state index contributed by atoms with van der Waals surface area (Å²) in [5, 5.41) is 0. The number of nitrogens with two attached hydrogens (primary N) is 1. The molecule has 0 amide bonds. The van der Waals surface area contributed by atoms with Gasteiger partial charge in [-0.25, -0.2) is 0 Å². The topological polar surface area (TPSA) is 38.5 Å². The summed E-state index contributed by atoms with van der Waals surface area (Å²) >= 11 is 0. The van der Waals surface area contributed by atoms with Crippen LogP contribution >= 0.6 is 0 Å². The molecule has 18 heavy (non-hydrogen) atoms. The van der Waals surface area contributed by atoms with Crippen LogP contribution in [0.15, 0.2) is 0 Å². The van der Waals surface area contributed by atoms with Gasteiger partial charge in [-0.2, -0.15) is 0 Å². The smallest absolute Gasteiger partial charge is 0.0634 e. The van der Waals surface area contributed by atoms with Crippen LogP contribution in [-0.2, 0) is 4.74 Å². The molecule has 0 aromatic carbocycles. The summed E-state index contributed by atoms with van der Waals surface area (Å²) in [7, 11) is 1.79. The molecule has 0 rings (SSSR count). The standard InChI is InChI=1S/C15H34N2O/c1-7-11-17(12-10-14(4,5)18-6)15(8-2,9-3)13-16/h7-13,16H2,1-6H3. The minimum Gasteiger partial charge on any atom is -0.379 e. The van der Waals surface area contributed by atoms with E-state index in [-0.39, 0.29) is 11.1 Å². The third-order valence-corrected chi connectivity index (χ3v) is 4.40. The molecule has 0 atom stereocenters. The molecule has 2 N–H and O–H groups in total. The first-order chi connectivity index (χ1) is 8.41. The lowest BCUT2D eigenvalue weighted by molar-refractivity contribution is -0.00752. The highest BCUT2D eigenvalue weighted by Gasteiger charge is 2.32. The van der Waals surface area contributed by atoms with Gasteiger partial charge in [0, 0.05) is 25.7 Å². The predicted molar refractivity (Wildman–Crippen MR) is 79.9 cm³/mol. The average molecular weight is 258 g/mol. The minimum atomic E-state index is -0.0478. The zero-order valence-corrected chi connectivity index (χ0v) is 13.4. The maximum absolute atomic E-state index is 6.06. The van der Waals surface area contributed by atoms with Crippen molar-refractivity contribution < 1.29 is 4.74 Å². The molecule has 0 radical (unpaired) electrons. The van der Waals surface area contributed by atoms with E-state index in [9.17, 15) is 0 Å². The van der Waals surface area contributed by atoms with Gasteiger partial charge in [-0.3, -0.25) is 4.90 Å². The summed E-state index contributed by atoms with van der Waals surface area (Å²) in [6, 6.07) is 0. The molecule has 0 fully saturated rings. The zero-order valence-electron chi connectivity index (χ0n) is 13.4. The Hall–Kier alpha value is -0.120. The molecule has 3 nitrogen and oxygen atoms in total. The Morgan fingerprint density at radius 1 is 1.06 bits per heavy atom.